The van der Waals surface area contributed by atoms with Crippen molar-refractivity contribution in [1.29, 1.82) is 0 Å². The quantitative estimate of drug-likeness (QED) is 0.763. The van der Waals surface area contributed by atoms with E-state index in [1.165, 1.54) is 0 Å². The van der Waals surface area contributed by atoms with E-state index in [4.69, 9.17) is 4.42 Å². The molecule has 2 rings (SSSR count). The highest BCUT2D eigenvalue weighted by molar-refractivity contribution is 5.77. The first-order valence-corrected chi connectivity index (χ1v) is 6.36. The molecule has 1 aromatic heterocycles. The maximum atomic E-state index is 11.7. The largest absolute Gasteiger partial charge is 0.422 e. The van der Waals surface area contributed by atoms with Crippen molar-refractivity contribution in [2.75, 3.05) is 0 Å². The van der Waals surface area contributed by atoms with Crippen LogP contribution in [0.25, 0.3) is 10.9 Å². The lowest BCUT2D eigenvalue weighted by molar-refractivity contribution is 0.409. The number of benzene rings is 1. The van der Waals surface area contributed by atoms with Gasteiger partial charge in [-0.15, -0.1) is 0 Å². The van der Waals surface area contributed by atoms with Gasteiger partial charge in [0.2, 0.25) is 0 Å². The van der Waals surface area contributed by atoms with Crippen LogP contribution in [-0.4, -0.2) is 4.57 Å². The molecule has 0 saturated carbocycles. The molecule has 0 saturated heterocycles. The molecule has 4 nitrogen and oxygen atoms in total. The number of hydrogen-bond donors (Lipinski definition) is 0. The van der Waals surface area contributed by atoms with E-state index in [9.17, 15) is 9.59 Å². The third-order valence-electron chi connectivity index (χ3n) is 3.05. The lowest BCUT2D eigenvalue weighted by atomic mass is 10.2. The Morgan fingerprint density at radius 1 is 1.11 bits per heavy atom. The van der Waals surface area contributed by atoms with E-state index >= 15 is 0 Å². The summed E-state index contributed by atoms with van der Waals surface area (Å²) in [7, 11) is 0. The van der Waals surface area contributed by atoms with Crippen LogP contribution in [0.5, 0.6) is 0 Å². The van der Waals surface area contributed by atoms with Gasteiger partial charge in [0.1, 0.15) is 0 Å². The molecule has 0 aliphatic rings. The van der Waals surface area contributed by atoms with Crippen LogP contribution < -0.4 is 11.4 Å². The molecule has 0 fully saturated rings. The molecule has 0 radical (unpaired) electrons. The number of nitrogens with zero attached hydrogens (tertiary/aromatic N) is 1. The third-order valence-corrected chi connectivity index (χ3v) is 3.05. The second-order valence-electron chi connectivity index (χ2n) is 4.38. The van der Waals surface area contributed by atoms with E-state index in [2.05, 4.69) is 6.92 Å². The van der Waals surface area contributed by atoms with Gasteiger partial charge in [-0.3, -0.25) is 4.57 Å². The average molecular weight is 247 g/mol. The molecular weight excluding hydrogens is 230 g/mol. The standard InChI is InChI=1S/C14H17NO3/c1-2-3-4-7-10-15-12-9-6-5-8-11(12)13(16)18-14(15)17/h5-6,8-9H,2-4,7,10H2,1H3. The minimum atomic E-state index is -0.560. The zero-order valence-corrected chi connectivity index (χ0v) is 10.5. The van der Waals surface area contributed by atoms with Crippen LogP contribution in [0.1, 0.15) is 32.6 Å². The first-order valence-electron chi connectivity index (χ1n) is 6.36. The summed E-state index contributed by atoms with van der Waals surface area (Å²) in [5.41, 5.74) is 0.107. The Kier molecular flexibility index (Phi) is 3.97. The third kappa shape index (κ3) is 2.53. The number of fused-ring (bicyclic) bond motifs is 1. The Hall–Kier alpha value is -1.84. The van der Waals surface area contributed by atoms with Crippen LogP contribution in [0.3, 0.4) is 0 Å². The van der Waals surface area contributed by atoms with Gasteiger partial charge in [-0.2, -0.15) is 0 Å². The SMILES string of the molecule is CCCCCCn1c(=O)oc(=O)c2ccccc21. The molecular formula is C14H17NO3. The molecule has 0 N–H and O–H groups in total. The minimum Gasteiger partial charge on any atom is -0.372 e. The molecule has 0 amide bonds. The summed E-state index contributed by atoms with van der Waals surface area (Å²) in [5.74, 6) is -0.560. The highest BCUT2D eigenvalue weighted by Crippen LogP contribution is 2.09. The van der Waals surface area contributed by atoms with Gasteiger partial charge in [-0.05, 0) is 18.6 Å². The smallest absolute Gasteiger partial charge is 0.372 e. The molecule has 4 heteroatoms. The summed E-state index contributed by atoms with van der Waals surface area (Å²) in [4.78, 5) is 23.3. The molecule has 0 unspecified atom stereocenters. The Bertz CT molecular complexity index is 639. The van der Waals surface area contributed by atoms with Crippen LogP contribution in [0, 0.1) is 0 Å². The van der Waals surface area contributed by atoms with Crippen molar-refractivity contribution in [1.82, 2.24) is 4.57 Å². The first-order chi connectivity index (χ1) is 8.74. The van der Waals surface area contributed by atoms with Gasteiger partial charge in [0.15, 0.2) is 0 Å². The fraction of sp³-hybridized carbons (Fsp3) is 0.429. The molecule has 96 valence electrons. The molecule has 0 spiro atoms. The summed E-state index contributed by atoms with van der Waals surface area (Å²) in [6.45, 7) is 2.74. The highest BCUT2D eigenvalue weighted by atomic mass is 16.4. The Morgan fingerprint density at radius 3 is 2.67 bits per heavy atom. The van der Waals surface area contributed by atoms with Gasteiger partial charge in [0.25, 0.3) is 0 Å². The number of hydrogen-bond acceptors (Lipinski definition) is 3. The lowest BCUT2D eigenvalue weighted by Crippen LogP contribution is -2.25. The molecule has 1 aromatic carbocycles. The van der Waals surface area contributed by atoms with E-state index in [0.717, 1.165) is 25.7 Å². The second-order valence-corrected chi connectivity index (χ2v) is 4.38. The van der Waals surface area contributed by atoms with Crippen molar-refractivity contribution in [3.05, 3.63) is 45.2 Å². The van der Waals surface area contributed by atoms with Crippen molar-refractivity contribution in [3.8, 4) is 0 Å². The van der Waals surface area contributed by atoms with Crippen LogP contribution in [0.2, 0.25) is 0 Å². The maximum absolute atomic E-state index is 11.7. The van der Waals surface area contributed by atoms with Gasteiger partial charge in [0, 0.05) is 6.54 Å². The fourth-order valence-electron chi connectivity index (χ4n) is 2.08. The van der Waals surface area contributed by atoms with Crippen molar-refractivity contribution in [2.45, 2.75) is 39.2 Å². The second kappa shape index (κ2) is 5.67. The molecule has 1 heterocycles. The van der Waals surface area contributed by atoms with E-state index in [1.807, 2.05) is 6.07 Å². The van der Waals surface area contributed by atoms with Crippen molar-refractivity contribution < 1.29 is 4.42 Å². The molecule has 0 aliphatic carbocycles. The monoisotopic (exact) mass is 247 g/mol. The van der Waals surface area contributed by atoms with E-state index in [-0.39, 0.29) is 0 Å². The summed E-state index contributed by atoms with van der Waals surface area (Å²) in [6.07, 6.45) is 4.31. The van der Waals surface area contributed by atoms with Crippen molar-refractivity contribution in [2.24, 2.45) is 0 Å². The molecule has 2 aromatic rings. The minimum absolute atomic E-state index is 0.465. The van der Waals surface area contributed by atoms with E-state index in [1.54, 1.807) is 22.8 Å². The van der Waals surface area contributed by atoms with E-state index < -0.39 is 11.4 Å². The summed E-state index contributed by atoms with van der Waals surface area (Å²) < 4.78 is 6.28. The van der Waals surface area contributed by atoms with Gasteiger partial charge >= 0.3 is 11.4 Å². The highest BCUT2D eigenvalue weighted by Gasteiger charge is 2.07. The van der Waals surface area contributed by atoms with E-state index in [0.29, 0.717) is 17.4 Å². The molecule has 0 aliphatic heterocycles. The predicted octanol–water partition coefficient (Wildman–Crippen LogP) is 2.54. The van der Waals surface area contributed by atoms with Crippen LogP contribution in [0.4, 0.5) is 0 Å². The number of aromatic nitrogens is 1. The number of unbranched alkanes of at least 4 members (excludes halogenated alkanes) is 3. The molecule has 18 heavy (non-hydrogen) atoms. The first kappa shape index (κ1) is 12.6. The average Bonchev–Trinajstić information content (AvgIpc) is 2.38. The molecule has 0 bridgehead atoms. The normalized spacial score (nSPS) is 10.9. The van der Waals surface area contributed by atoms with Crippen LogP contribution in [0.15, 0.2) is 38.3 Å². The Balaban J connectivity index is 2.37. The number of para-hydroxylation sites is 1. The van der Waals surface area contributed by atoms with Gasteiger partial charge < -0.3 is 4.42 Å². The van der Waals surface area contributed by atoms with Gasteiger partial charge in [-0.1, -0.05) is 38.3 Å². The van der Waals surface area contributed by atoms with Gasteiger partial charge in [-0.25, -0.2) is 9.59 Å². The number of rotatable bonds is 5. The lowest BCUT2D eigenvalue weighted by Gasteiger charge is -2.07. The zero-order chi connectivity index (χ0) is 13.0. The predicted molar refractivity (Wildman–Crippen MR) is 70.9 cm³/mol. The summed E-state index contributed by atoms with van der Waals surface area (Å²) in [6, 6.07) is 7.06. The van der Waals surface area contributed by atoms with Crippen molar-refractivity contribution >= 4 is 10.9 Å². The summed E-state index contributed by atoms with van der Waals surface area (Å²) >= 11 is 0. The van der Waals surface area contributed by atoms with Gasteiger partial charge in [0.05, 0.1) is 10.9 Å². The van der Waals surface area contributed by atoms with Crippen molar-refractivity contribution in [3.63, 3.8) is 0 Å². The topological polar surface area (TPSA) is 52.2 Å². The van der Waals surface area contributed by atoms with Crippen LogP contribution in [-0.2, 0) is 6.54 Å². The Morgan fingerprint density at radius 2 is 1.89 bits per heavy atom. The van der Waals surface area contributed by atoms with Crippen LogP contribution >= 0.6 is 0 Å². The number of aryl methyl sites for hydroxylation is 1. The molecule has 0 atom stereocenters. The summed E-state index contributed by atoms with van der Waals surface area (Å²) in [5, 5.41) is 0.465. The maximum Gasteiger partial charge on any atom is 0.422 e. The zero-order valence-electron chi connectivity index (χ0n) is 10.5. The Labute approximate surface area is 105 Å². The fourth-order valence-corrected chi connectivity index (χ4v) is 2.08.